The van der Waals surface area contributed by atoms with E-state index in [0.29, 0.717) is 28.7 Å². The van der Waals surface area contributed by atoms with Crippen LogP contribution >= 0.6 is 23.4 Å². The molecule has 0 atom stereocenters. The quantitative estimate of drug-likeness (QED) is 0.541. The van der Waals surface area contributed by atoms with E-state index in [2.05, 4.69) is 10.5 Å². The van der Waals surface area contributed by atoms with Crippen molar-refractivity contribution in [2.75, 3.05) is 12.4 Å². The minimum Gasteiger partial charge on any atom is -0.504 e. The monoisotopic (exact) mass is 378 g/mol. The molecule has 7 heteroatoms. The molecule has 0 radical (unpaired) electrons. The average Bonchev–Trinajstić information content (AvgIpc) is 2.60. The van der Waals surface area contributed by atoms with E-state index in [1.807, 2.05) is 31.2 Å². The van der Waals surface area contributed by atoms with E-state index in [4.69, 9.17) is 16.3 Å². The summed E-state index contributed by atoms with van der Waals surface area (Å²) in [5.74, 6) is 1.19. The van der Waals surface area contributed by atoms with Crippen molar-refractivity contribution in [1.29, 1.82) is 0 Å². The van der Waals surface area contributed by atoms with Gasteiger partial charge in [-0.25, -0.2) is 5.43 Å². The van der Waals surface area contributed by atoms with Gasteiger partial charge in [-0.05, 0) is 42.3 Å². The molecular formula is C18H19ClN2O3S. The number of hydrazone groups is 1. The van der Waals surface area contributed by atoms with Gasteiger partial charge in [0, 0.05) is 10.8 Å². The maximum Gasteiger partial charge on any atom is 0.250 e. The first-order valence-electron chi connectivity index (χ1n) is 7.69. The fourth-order valence-corrected chi connectivity index (χ4v) is 3.07. The van der Waals surface area contributed by atoms with Crippen LogP contribution in [0.15, 0.2) is 47.6 Å². The number of nitrogens with zero attached hydrogens (tertiary/aromatic N) is 1. The normalized spacial score (nSPS) is 10.8. The second kappa shape index (κ2) is 9.96. The summed E-state index contributed by atoms with van der Waals surface area (Å²) >= 11 is 7.53. The van der Waals surface area contributed by atoms with E-state index >= 15 is 0 Å². The Morgan fingerprint density at radius 3 is 2.92 bits per heavy atom. The molecule has 25 heavy (non-hydrogen) atoms. The van der Waals surface area contributed by atoms with E-state index in [9.17, 15) is 9.90 Å². The summed E-state index contributed by atoms with van der Waals surface area (Å²) in [7, 11) is 0. The summed E-state index contributed by atoms with van der Waals surface area (Å²) in [5.41, 5.74) is 4.18. The minimum atomic E-state index is -0.197. The van der Waals surface area contributed by atoms with E-state index < -0.39 is 0 Å². The third-order valence-corrected chi connectivity index (χ3v) is 4.49. The molecule has 0 heterocycles. The van der Waals surface area contributed by atoms with E-state index in [-0.39, 0.29) is 17.4 Å². The Morgan fingerprint density at radius 2 is 2.16 bits per heavy atom. The zero-order valence-corrected chi connectivity index (χ0v) is 15.3. The SMILES string of the molecule is CCOc1cc(/C=N/NC(=O)CSCc2ccccc2Cl)ccc1O. The van der Waals surface area contributed by atoms with Crippen LogP contribution in [0, 0.1) is 0 Å². The molecule has 2 rings (SSSR count). The van der Waals surface area contributed by atoms with Crippen LogP contribution < -0.4 is 10.2 Å². The molecule has 0 unspecified atom stereocenters. The van der Waals surface area contributed by atoms with Gasteiger partial charge >= 0.3 is 0 Å². The molecule has 0 saturated heterocycles. The van der Waals surface area contributed by atoms with Gasteiger partial charge in [-0.1, -0.05) is 29.8 Å². The van der Waals surface area contributed by atoms with Crippen molar-refractivity contribution in [2.24, 2.45) is 5.10 Å². The van der Waals surface area contributed by atoms with Gasteiger partial charge in [0.05, 0.1) is 18.6 Å². The lowest BCUT2D eigenvalue weighted by Gasteiger charge is -2.06. The molecule has 1 amide bonds. The van der Waals surface area contributed by atoms with Crippen molar-refractivity contribution < 1.29 is 14.6 Å². The lowest BCUT2D eigenvalue weighted by molar-refractivity contribution is -0.118. The minimum absolute atomic E-state index is 0.0685. The number of halogens is 1. The number of carbonyl (C=O) groups excluding carboxylic acids is 1. The summed E-state index contributed by atoms with van der Waals surface area (Å²) in [4.78, 5) is 11.8. The zero-order valence-electron chi connectivity index (χ0n) is 13.7. The second-order valence-electron chi connectivity index (χ2n) is 5.04. The summed E-state index contributed by atoms with van der Waals surface area (Å²) < 4.78 is 5.30. The lowest BCUT2D eigenvalue weighted by Crippen LogP contribution is -2.19. The van der Waals surface area contributed by atoms with Crippen LogP contribution in [0.2, 0.25) is 5.02 Å². The fraction of sp³-hybridized carbons (Fsp3) is 0.222. The van der Waals surface area contributed by atoms with Crippen LogP contribution in [0.3, 0.4) is 0 Å². The van der Waals surface area contributed by atoms with Gasteiger partial charge < -0.3 is 9.84 Å². The molecule has 132 valence electrons. The molecule has 0 fully saturated rings. The maximum atomic E-state index is 11.8. The Kier molecular flexibility index (Phi) is 7.63. The number of amides is 1. The summed E-state index contributed by atoms with van der Waals surface area (Å²) in [6, 6.07) is 12.4. The van der Waals surface area contributed by atoms with Gasteiger partial charge in [0.1, 0.15) is 0 Å². The van der Waals surface area contributed by atoms with E-state index in [1.54, 1.807) is 12.1 Å². The van der Waals surface area contributed by atoms with Crippen molar-refractivity contribution >= 4 is 35.5 Å². The number of carbonyl (C=O) groups is 1. The summed E-state index contributed by atoms with van der Waals surface area (Å²) in [6.45, 7) is 2.29. The highest BCUT2D eigenvalue weighted by Gasteiger charge is 2.04. The molecular weight excluding hydrogens is 360 g/mol. The summed E-state index contributed by atoms with van der Waals surface area (Å²) in [6.07, 6.45) is 1.50. The largest absolute Gasteiger partial charge is 0.504 e. The van der Waals surface area contributed by atoms with Crippen LogP contribution in [-0.2, 0) is 10.5 Å². The van der Waals surface area contributed by atoms with Crippen LogP contribution in [0.4, 0.5) is 0 Å². The highest BCUT2D eigenvalue weighted by Crippen LogP contribution is 2.26. The van der Waals surface area contributed by atoms with Gasteiger partial charge in [-0.3, -0.25) is 4.79 Å². The predicted molar refractivity (Wildman–Crippen MR) is 103 cm³/mol. The van der Waals surface area contributed by atoms with Crippen molar-refractivity contribution in [3.63, 3.8) is 0 Å². The summed E-state index contributed by atoms with van der Waals surface area (Å²) in [5, 5.41) is 14.3. The average molecular weight is 379 g/mol. The molecule has 2 N–H and O–H groups in total. The van der Waals surface area contributed by atoms with Gasteiger partial charge in [0.25, 0.3) is 0 Å². The molecule has 2 aromatic rings. The molecule has 0 aliphatic rings. The van der Waals surface area contributed by atoms with Crippen LogP contribution in [0.1, 0.15) is 18.1 Å². The van der Waals surface area contributed by atoms with Gasteiger partial charge in [-0.15, -0.1) is 11.8 Å². The standard InChI is InChI=1S/C18H19ClN2O3S/c1-2-24-17-9-13(7-8-16(17)22)10-20-21-18(23)12-25-11-14-5-3-4-6-15(14)19/h3-10,22H,2,11-12H2,1H3,(H,21,23)/b20-10+. The number of benzene rings is 2. The molecule has 0 aliphatic carbocycles. The van der Waals surface area contributed by atoms with Crippen molar-refractivity contribution in [1.82, 2.24) is 5.43 Å². The van der Waals surface area contributed by atoms with Crippen LogP contribution in [-0.4, -0.2) is 29.6 Å². The Hall–Kier alpha value is -2.18. The topological polar surface area (TPSA) is 70.9 Å². The number of hydrogen-bond donors (Lipinski definition) is 2. The number of aromatic hydroxyl groups is 1. The van der Waals surface area contributed by atoms with Gasteiger partial charge in [-0.2, -0.15) is 5.10 Å². The smallest absolute Gasteiger partial charge is 0.250 e. The molecule has 0 bridgehead atoms. The molecule has 5 nitrogen and oxygen atoms in total. The number of ether oxygens (including phenoxy) is 1. The Morgan fingerprint density at radius 1 is 1.36 bits per heavy atom. The Bertz CT molecular complexity index is 753. The first-order valence-corrected chi connectivity index (χ1v) is 9.22. The number of phenolic OH excluding ortho intramolecular Hbond substituents is 1. The van der Waals surface area contributed by atoms with Crippen molar-refractivity contribution in [2.45, 2.75) is 12.7 Å². The second-order valence-corrected chi connectivity index (χ2v) is 6.43. The van der Waals surface area contributed by atoms with E-state index in [1.165, 1.54) is 24.0 Å². The first-order chi connectivity index (χ1) is 12.1. The van der Waals surface area contributed by atoms with Gasteiger partial charge in [0.2, 0.25) is 5.91 Å². The molecule has 0 aromatic heterocycles. The molecule has 0 spiro atoms. The van der Waals surface area contributed by atoms with Crippen molar-refractivity contribution in [3.8, 4) is 11.5 Å². The first kappa shape index (κ1) is 19.1. The number of thioether (sulfide) groups is 1. The Balaban J connectivity index is 1.78. The molecule has 0 aliphatic heterocycles. The Labute approximate surface area is 156 Å². The van der Waals surface area contributed by atoms with Crippen LogP contribution in [0.25, 0.3) is 0 Å². The predicted octanol–water partition coefficient (Wildman–Crippen LogP) is 3.83. The van der Waals surface area contributed by atoms with Gasteiger partial charge in [0.15, 0.2) is 11.5 Å². The fourth-order valence-electron chi connectivity index (χ4n) is 1.96. The number of rotatable bonds is 8. The molecule has 2 aromatic carbocycles. The highest BCUT2D eigenvalue weighted by molar-refractivity contribution is 7.99. The lowest BCUT2D eigenvalue weighted by atomic mass is 10.2. The number of nitrogens with one attached hydrogen (secondary N) is 1. The molecule has 0 saturated carbocycles. The maximum absolute atomic E-state index is 11.8. The van der Waals surface area contributed by atoms with Crippen LogP contribution in [0.5, 0.6) is 11.5 Å². The highest BCUT2D eigenvalue weighted by atomic mass is 35.5. The third-order valence-electron chi connectivity index (χ3n) is 3.14. The number of hydrogen-bond acceptors (Lipinski definition) is 5. The number of phenols is 1. The van der Waals surface area contributed by atoms with E-state index in [0.717, 1.165) is 5.56 Å². The zero-order chi connectivity index (χ0) is 18.1. The third kappa shape index (κ3) is 6.32. The van der Waals surface area contributed by atoms with Crippen molar-refractivity contribution in [3.05, 3.63) is 58.6 Å².